The Morgan fingerprint density at radius 3 is 3.13 bits per heavy atom. The molecule has 0 aromatic carbocycles. The summed E-state index contributed by atoms with van der Waals surface area (Å²) in [7, 11) is 0. The highest BCUT2D eigenvalue weighted by Crippen LogP contribution is 2.47. The lowest BCUT2D eigenvalue weighted by atomic mass is 9.65. The fourth-order valence-electron chi connectivity index (χ4n) is 2.44. The molecule has 0 aromatic heterocycles. The van der Waals surface area contributed by atoms with E-state index in [2.05, 4.69) is 25.2 Å². The molecule has 2 aliphatic carbocycles. The molecule has 0 saturated heterocycles. The molecule has 0 aromatic rings. The summed E-state index contributed by atoms with van der Waals surface area (Å²) in [6.45, 7) is 2.22. The summed E-state index contributed by atoms with van der Waals surface area (Å²) in [6.07, 6.45) is 10.6. The van der Waals surface area contributed by atoms with Crippen molar-refractivity contribution >= 4 is 17.4 Å². The van der Waals surface area contributed by atoms with Crippen LogP contribution in [0.5, 0.6) is 0 Å². The van der Waals surface area contributed by atoms with Gasteiger partial charge in [0, 0.05) is 17.7 Å². The Morgan fingerprint density at radius 1 is 1.60 bits per heavy atom. The van der Waals surface area contributed by atoms with Gasteiger partial charge in [-0.05, 0) is 24.5 Å². The highest BCUT2D eigenvalue weighted by molar-refractivity contribution is 6.19. The number of fused-ring (bicyclic) bond motifs is 1. The van der Waals surface area contributed by atoms with Crippen molar-refractivity contribution in [2.45, 2.75) is 26.2 Å². The molecule has 2 heteroatoms. The number of ketones is 1. The van der Waals surface area contributed by atoms with Crippen LogP contribution in [-0.2, 0) is 4.79 Å². The van der Waals surface area contributed by atoms with Crippen LogP contribution in [-0.4, -0.2) is 11.7 Å². The van der Waals surface area contributed by atoms with Crippen molar-refractivity contribution < 1.29 is 4.79 Å². The quantitative estimate of drug-likeness (QED) is 0.491. The van der Waals surface area contributed by atoms with Crippen molar-refractivity contribution in [1.29, 1.82) is 0 Å². The maximum Gasteiger partial charge on any atom is 0.156 e. The highest BCUT2D eigenvalue weighted by Gasteiger charge is 2.36. The second kappa shape index (κ2) is 3.97. The van der Waals surface area contributed by atoms with Crippen molar-refractivity contribution in [2.75, 3.05) is 5.88 Å². The van der Waals surface area contributed by atoms with E-state index in [1.807, 2.05) is 0 Å². The first-order chi connectivity index (χ1) is 7.16. The van der Waals surface area contributed by atoms with E-state index in [0.717, 1.165) is 18.4 Å². The van der Waals surface area contributed by atoms with Gasteiger partial charge in [0.15, 0.2) is 5.78 Å². The number of hydrogen-bond donors (Lipinski definition) is 0. The number of carbonyl (C=O) groups is 1. The number of alkyl halides is 1. The highest BCUT2D eigenvalue weighted by atomic mass is 35.5. The van der Waals surface area contributed by atoms with Crippen LogP contribution in [0, 0.1) is 5.41 Å². The summed E-state index contributed by atoms with van der Waals surface area (Å²) >= 11 is 5.77. The van der Waals surface area contributed by atoms with Gasteiger partial charge >= 0.3 is 0 Å². The lowest BCUT2D eigenvalue weighted by Gasteiger charge is -2.38. The van der Waals surface area contributed by atoms with Gasteiger partial charge in [0.1, 0.15) is 0 Å². The van der Waals surface area contributed by atoms with E-state index < -0.39 is 0 Å². The Kier molecular flexibility index (Phi) is 2.83. The first-order valence-corrected chi connectivity index (χ1v) is 5.87. The van der Waals surface area contributed by atoms with Crippen LogP contribution in [0.3, 0.4) is 0 Å². The monoisotopic (exact) mass is 222 g/mol. The Hall–Kier alpha value is -0.820. The largest absolute Gasteiger partial charge is 0.295 e. The molecule has 2 aliphatic rings. The van der Waals surface area contributed by atoms with Crippen molar-refractivity contribution in [3.63, 3.8) is 0 Å². The van der Waals surface area contributed by atoms with Gasteiger partial charge in [-0.15, -0.1) is 11.6 Å². The Morgan fingerprint density at radius 2 is 2.40 bits per heavy atom. The van der Waals surface area contributed by atoms with Gasteiger partial charge in [-0.25, -0.2) is 0 Å². The predicted octanol–water partition coefficient (Wildman–Crippen LogP) is 3.41. The summed E-state index contributed by atoms with van der Waals surface area (Å²) in [5.41, 5.74) is 2.57. The molecule has 80 valence electrons. The molecule has 0 amide bonds. The second-order valence-electron chi connectivity index (χ2n) is 4.39. The summed E-state index contributed by atoms with van der Waals surface area (Å²) in [5, 5.41) is 0. The summed E-state index contributed by atoms with van der Waals surface area (Å²) < 4.78 is 0. The molecular weight excluding hydrogens is 208 g/mol. The molecule has 0 saturated carbocycles. The number of hydrogen-bond acceptors (Lipinski definition) is 1. The molecule has 2 rings (SSSR count). The number of halogens is 1. The SMILES string of the molecule is CC12CCC(=O)C=C1C=CCC2=CCCl. The van der Waals surface area contributed by atoms with Crippen LogP contribution in [0.2, 0.25) is 0 Å². The Bertz CT molecular complexity index is 376. The first kappa shape index (κ1) is 10.7. The van der Waals surface area contributed by atoms with Gasteiger partial charge in [-0.1, -0.05) is 30.7 Å². The van der Waals surface area contributed by atoms with Crippen molar-refractivity contribution in [2.24, 2.45) is 5.41 Å². The average Bonchev–Trinajstić information content (AvgIpc) is 2.21. The molecule has 0 radical (unpaired) electrons. The minimum atomic E-state index is 0.0531. The third-order valence-electron chi connectivity index (χ3n) is 3.49. The molecule has 0 N–H and O–H groups in total. The minimum Gasteiger partial charge on any atom is -0.295 e. The van der Waals surface area contributed by atoms with Gasteiger partial charge in [0.2, 0.25) is 0 Å². The van der Waals surface area contributed by atoms with E-state index in [1.54, 1.807) is 6.08 Å². The molecule has 1 unspecified atom stereocenters. The molecule has 0 heterocycles. The molecule has 0 spiro atoms. The number of allylic oxidation sites excluding steroid dienone is 6. The summed E-state index contributed by atoms with van der Waals surface area (Å²) in [6, 6.07) is 0. The fourth-order valence-corrected chi connectivity index (χ4v) is 2.63. The maximum absolute atomic E-state index is 11.4. The lowest BCUT2D eigenvalue weighted by molar-refractivity contribution is -0.115. The molecular formula is C13H15ClO. The van der Waals surface area contributed by atoms with Crippen LogP contribution in [0.15, 0.2) is 35.5 Å². The van der Waals surface area contributed by atoms with Crippen LogP contribution in [0.25, 0.3) is 0 Å². The van der Waals surface area contributed by atoms with Crippen molar-refractivity contribution in [3.05, 3.63) is 35.5 Å². The van der Waals surface area contributed by atoms with E-state index >= 15 is 0 Å². The van der Waals surface area contributed by atoms with E-state index in [0.29, 0.717) is 12.3 Å². The van der Waals surface area contributed by atoms with Gasteiger partial charge in [0.25, 0.3) is 0 Å². The van der Waals surface area contributed by atoms with Crippen LogP contribution >= 0.6 is 11.6 Å². The van der Waals surface area contributed by atoms with E-state index in [-0.39, 0.29) is 11.2 Å². The number of rotatable bonds is 1. The minimum absolute atomic E-state index is 0.0531. The van der Waals surface area contributed by atoms with Gasteiger partial charge in [-0.2, -0.15) is 0 Å². The average molecular weight is 223 g/mol. The topological polar surface area (TPSA) is 17.1 Å². The van der Waals surface area contributed by atoms with Gasteiger partial charge in [0.05, 0.1) is 0 Å². The van der Waals surface area contributed by atoms with Crippen molar-refractivity contribution in [3.8, 4) is 0 Å². The first-order valence-electron chi connectivity index (χ1n) is 5.34. The zero-order chi connectivity index (χ0) is 10.9. The van der Waals surface area contributed by atoms with E-state index in [9.17, 15) is 4.79 Å². The summed E-state index contributed by atoms with van der Waals surface area (Å²) in [4.78, 5) is 11.4. The molecule has 1 nitrogen and oxygen atoms in total. The second-order valence-corrected chi connectivity index (χ2v) is 4.70. The van der Waals surface area contributed by atoms with Crippen LogP contribution in [0.4, 0.5) is 0 Å². The normalized spacial score (nSPS) is 32.8. The van der Waals surface area contributed by atoms with Gasteiger partial charge < -0.3 is 0 Å². The van der Waals surface area contributed by atoms with Crippen molar-refractivity contribution in [1.82, 2.24) is 0 Å². The maximum atomic E-state index is 11.4. The Labute approximate surface area is 95.5 Å². The molecule has 0 aliphatic heterocycles. The predicted molar refractivity (Wildman–Crippen MR) is 63.0 cm³/mol. The number of carbonyl (C=O) groups excluding carboxylic acids is 1. The summed E-state index contributed by atoms with van der Waals surface area (Å²) in [5.74, 6) is 0.805. The fraction of sp³-hybridized carbons (Fsp3) is 0.462. The third-order valence-corrected chi connectivity index (χ3v) is 3.65. The van der Waals surface area contributed by atoms with E-state index in [1.165, 1.54) is 5.57 Å². The zero-order valence-corrected chi connectivity index (χ0v) is 9.68. The molecule has 15 heavy (non-hydrogen) atoms. The smallest absolute Gasteiger partial charge is 0.156 e. The zero-order valence-electron chi connectivity index (χ0n) is 8.92. The lowest BCUT2D eigenvalue weighted by Crippen LogP contribution is -2.28. The third kappa shape index (κ3) is 1.81. The van der Waals surface area contributed by atoms with Crippen LogP contribution in [0.1, 0.15) is 26.2 Å². The van der Waals surface area contributed by atoms with E-state index in [4.69, 9.17) is 11.6 Å². The molecule has 0 fully saturated rings. The molecule has 1 atom stereocenters. The van der Waals surface area contributed by atoms with Gasteiger partial charge in [-0.3, -0.25) is 4.79 Å². The van der Waals surface area contributed by atoms with Crippen LogP contribution < -0.4 is 0 Å². The standard InChI is InChI=1S/C13H15ClO/c1-13-7-5-12(15)9-11(13)4-2-3-10(13)6-8-14/h2,4,6,9H,3,5,7-8H2,1H3. The molecule has 0 bridgehead atoms. The Balaban J connectivity index is 2.45.